The zero-order valence-corrected chi connectivity index (χ0v) is 9.95. The number of hydrogen-bond acceptors (Lipinski definition) is 3. The van der Waals surface area contributed by atoms with Crippen molar-refractivity contribution in [1.82, 2.24) is 10.3 Å². The highest BCUT2D eigenvalue weighted by atomic mass is 15.1. The lowest BCUT2D eigenvalue weighted by molar-refractivity contribution is 0.708. The first kappa shape index (κ1) is 12.0. The molecule has 0 bridgehead atoms. The predicted molar refractivity (Wildman–Crippen MR) is 65.4 cm³/mol. The molecule has 3 heteroatoms. The van der Waals surface area contributed by atoms with Crippen LogP contribution in [0, 0.1) is 6.92 Å². The fourth-order valence-corrected chi connectivity index (χ4v) is 1.69. The fraction of sp³-hybridized carbons (Fsp3) is 0.583. The maximum atomic E-state index is 4.13. The summed E-state index contributed by atoms with van der Waals surface area (Å²) in [5.41, 5.74) is 2.56. The molecule has 1 aromatic heterocycles. The molecule has 1 heterocycles. The van der Waals surface area contributed by atoms with Crippen molar-refractivity contribution >= 4 is 5.69 Å². The van der Waals surface area contributed by atoms with Crippen LogP contribution in [0.4, 0.5) is 5.69 Å². The van der Waals surface area contributed by atoms with E-state index in [2.05, 4.69) is 35.1 Å². The summed E-state index contributed by atoms with van der Waals surface area (Å²) in [6.45, 7) is 7.50. The Morgan fingerprint density at radius 3 is 2.80 bits per heavy atom. The van der Waals surface area contributed by atoms with Crippen molar-refractivity contribution in [2.45, 2.75) is 20.3 Å². The highest BCUT2D eigenvalue weighted by Gasteiger charge is 2.06. The van der Waals surface area contributed by atoms with E-state index in [1.54, 1.807) is 0 Å². The molecule has 0 amide bonds. The van der Waals surface area contributed by atoms with Crippen LogP contribution in [0.3, 0.4) is 0 Å². The Balaban J connectivity index is 2.74. The maximum absolute atomic E-state index is 4.13. The molecule has 3 nitrogen and oxygen atoms in total. The van der Waals surface area contributed by atoms with E-state index in [9.17, 15) is 0 Å². The van der Waals surface area contributed by atoms with E-state index in [1.807, 2.05) is 19.4 Å². The van der Waals surface area contributed by atoms with Gasteiger partial charge in [0.05, 0.1) is 0 Å². The highest BCUT2D eigenvalue weighted by molar-refractivity contribution is 5.51. The van der Waals surface area contributed by atoms with Crippen molar-refractivity contribution in [2.24, 2.45) is 0 Å². The summed E-state index contributed by atoms with van der Waals surface area (Å²) in [5.74, 6) is 0. The Morgan fingerprint density at radius 2 is 2.20 bits per heavy atom. The van der Waals surface area contributed by atoms with Gasteiger partial charge in [-0.2, -0.15) is 0 Å². The number of nitrogens with one attached hydrogen (secondary N) is 1. The van der Waals surface area contributed by atoms with Crippen LogP contribution < -0.4 is 10.2 Å². The van der Waals surface area contributed by atoms with Gasteiger partial charge in [-0.3, -0.25) is 4.98 Å². The number of rotatable bonds is 6. The van der Waals surface area contributed by atoms with Gasteiger partial charge in [0, 0.05) is 37.7 Å². The standard InChI is InChI=1S/C12H21N3/c1-4-8-15(9-7-13-3)12-5-6-14-10-11(12)2/h5-6,10,13H,4,7-9H2,1-3H3. The third-order valence-electron chi connectivity index (χ3n) is 2.46. The second-order valence-electron chi connectivity index (χ2n) is 3.75. The molecule has 15 heavy (non-hydrogen) atoms. The molecule has 0 radical (unpaired) electrons. The van der Waals surface area contributed by atoms with Crippen molar-refractivity contribution in [1.29, 1.82) is 0 Å². The average molecular weight is 207 g/mol. The summed E-state index contributed by atoms with van der Waals surface area (Å²) in [5, 5.41) is 3.19. The number of likely N-dealkylation sites (N-methyl/N-ethyl adjacent to an activating group) is 1. The lowest BCUT2D eigenvalue weighted by Crippen LogP contribution is -2.31. The Bertz CT molecular complexity index is 286. The topological polar surface area (TPSA) is 28.2 Å². The molecule has 0 aromatic carbocycles. The number of nitrogens with zero attached hydrogens (tertiary/aromatic N) is 2. The minimum Gasteiger partial charge on any atom is -0.370 e. The maximum Gasteiger partial charge on any atom is 0.0427 e. The third-order valence-corrected chi connectivity index (χ3v) is 2.46. The zero-order chi connectivity index (χ0) is 11.1. The molecule has 0 saturated heterocycles. The van der Waals surface area contributed by atoms with Crippen LogP contribution in [0.2, 0.25) is 0 Å². The van der Waals surface area contributed by atoms with Crippen LogP contribution in [0.25, 0.3) is 0 Å². The largest absolute Gasteiger partial charge is 0.370 e. The van der Waals surface area contributed by atoms with Gasteiger partial charge in [0.25, 0.3) is 0 Å². The van der Waals surface area contributed by atoms with Gasteiger partial charge >= 0.3 is 0 Å². The lowest BCUT2D eigenvalue weighted by atomic mass is 10.2. The molecule has 1 N–H and O–H groups in total. The number of anilines is 1. The van der Waals surface area contributed by atoms with Crippen LogP contribution in [0.15, 0.2) is 18.5 Å². The van der Waals surface area contributed by atoms with Crippen LogP contribution in [-0.4, -0.2) is 31.7 Å². The first-order valence-electron chi connectivity index (χ1n) is 5.59. The Hall–Kier alpha value is -1.09. The predicted octanol–water partition coefficient (Wildman–Crippen LogP) is 1.83. The summed E-state index contributed by atoms with van der Waals surface area (Å²) >= 11 is 0. The molecular weight excluding hydrogens is 186 g/mol. The molecule has 0 atom stereocenters. The summed E-state index contributed by atoms with van der Waals surface area (Å²) in [7, 11) is 1.99. The Morgan fingerprint density at radius 1 is 1.40 bits per heavy atom. The van der Waals surface area contributed by atoms with E-state index in [-0.39, 0.29) is 0 Å². The van der Waals surface area contributed by atoms with E-state index in [0.717, 1.165) is 19.6 Å². The lowest BCUT2D eigenvalue weighted by Gasteiger charge is -2.25. The summed E-state index contributed by atoms with van der Waals surface area (Å²) in [6.07, 6.45) is 4.97. The average Bonchev–Trinajstić information content (AvgIpc) is 2.25. The van der Waals surface area contributed by atoms with E-state index < -0.39 is 0 Å². The molecule has 0 aliphatic carbocycles. The van der Waals surface area contributed by atoms with Gasteiger partial charge in [0.2, 0.25) is 0 Å². The van der Waals surface area contributed by atoms with Gasteiger partial charge in [0.15, 0.2) is 0 Å². The van der Waals surface area contributed by atoms with Crippen molar-refractivity contribution in [3.8, 4) is 0 Å². The SMILES string of the molecule is CCCN(CCNC)c1ccncc1C. The first-order valence-corrected chi connectivity index (χ1v) is 5.59. The van der Waals surface area contributed by atoms with E-state index in [4.69, 9.17) is 0 Å². The van der Waals surface area contributed by atoms with Crippen molar-refractivity contribution in [2.75, 3.05) is 31.6 Å². The molecule has 0 aliphatic rings. The number of pyridine rings is 1. The number of aromatic nitrogens is 1. The first-order chi connectivity index (χ1) is 7.29. The second kappa shape index (κ2) is 6.40. The van der Waals surface area contributed by atoms with E-state index in [0.29, 0.717) is 0 Å². The van der Waals surface area contributed by atoms with Crippen LogP contribution in [0.5, 0.6) is 0 Å². The van der Waals surface area contributed by atoms with Gasteiger partial charge < -0.3 is 10.2 Å². The number of aryl methyl sites for hydroxylation is 1. The molecule has 1 aromatic rings. The molecule has 1 rings (SSSR count). The number of hydrogen-bond donors (Lipinski definition) is 1. The van der Waals surface area contributed by atoms with Crippen LogP contribution in [0.1, 0.15) is 18.9 Å². The van der Waals surface area contributed by atoms with E-state index >= 15 is 0 Å². The Kier molecular flexibility index (Phi) is 5.12. The van der Waals surface area contributed by atoms with Crippen LogP contribution in [-0.2, 0) is 0 Å². The summed E-state index contributed by atoms with van der Waals surface area (Å²) < 4.78 is 0. The van der Waals surface area contributed by atoms with Crippen molar-refractivity contribution < 1.29 is 0 Å². The molecule has 0 saturated carbocycles. The minimum atomic E-state index is 1.02. The second-order valence-corrected chi connectivity index (χ2v) is 3.75. The third kappa shape index (κ3) is 3.51. The van der Waals surface area contributed by atoms with Crippen molar-refractivity contribution in [3.63, 3.8) is 0 Å². The summed E-state index contributed by atoms with van der Waals surface area (Å²) in [6, 6.07) is 2.10. The highest BCUT2D eigenvalue weighted by Crippen LogP contribution is 2.17. The molecular formula is C12H21N3. The molecule has 84 valence electrons. The molecule has 0 spiro atoms. The molecule has 0 fully saturated rings. The summed E-state index contributed by atoms with van der Waals surface area (Å²) in [4.78, 5) is 6.54. The normalized spacial score (nSPS) is 10.3. The quantitative estimate of drug-likeness (QED) is 0.771. The zero-order valence-electron chi connectivity index (χ0n) is 9.95. The smallest absolute Gasteiger partial charge is 0.0427 e. The Labute approximate surface area is 92.5 Å². The van der Waals surface area contributed by atoms with Gasteiger partial charge in [-0.15, -0.1) is 0 Å². The fourth-order valence-electron chi connectivity index (χ4n) is 1.69. The van der Waals surface area contributed by atoms with Gasteiger partial charge in [-0.05, 0) is 32.0 Å². The van der Waals surface area contributed by atoms with Crippen LogP contribution >= 0.6 is 0 Å². The molecule has 0 unspecified atom stereocenters. The van der Waals surface area contributed by atoms with Gasteiger partial charge in [0.1, 0.15) is 0 Å². The van der Waals surface area contributed by atoms with Gasteiger partial charge in [-0.1, -0.05) is 6.92 Å². The minimum absolute atomic E-state index is 1.02. The van der Waals surface area contributed by atoms with Gasteiger partial charge in [-0.25, -0.2) is 0 Å². The monoisotopic (exact) mass is 207 g/mol. The molecule has 0 aliphatic heterocycles. The van der Waals surface area contributed by atoms with E-state index in [1.165, 1.54) is 17.7 Å². The van der Waals surface area contributed by atoms with Crippen molar-refractivity contribution in [3.05, 3.63) is 24.0 Å².